The van der Waals surface area contributed by atoms with Crippen LogP contribution in [0.25, 0.3) is 10.9 Å². The summed E-state index contributed by atoms with van der Waals surface area (Å²) in [5.41, 5.74) is 2.86. The van der Waals surface area contributed by atoms with Gasteiger partial charge in [-0.1, -0.05) is 35.9 Å². The number of anilines is 2. The quantitative estimate of drug-likeness (QED) is 0.451. The number of aromatic nitrogens is 3. The minimum absolute atomic E-state index is 0.281. The average Bonchev–Trinajstić information content (AvgIpc) is 3.12. The van der Waals surface area contributed by atoms with Crippen molar-refractivity contribution in [3.05, 3.63) is 83.0 Å². The van der Waals surface area contributed by atoms with Crippen molar-refractivity contribution >= 4 is 40.0 Å². The van der Waals surface area contributed by atoms with E-state index in [9.17, 15) is 4.79 Å². The number of fused-ring (bicyclic) bond motifs is 1. The van der Waals surface area contributed by atoms with E-state index < -0.39 is 0 Å². The Morgan fingerprint density at radius 1 is 1.00 bits per heavy atom. The number of nitrogens with one attached hydrogen (secondary N) is 3. The molecule has 0 bridgehead atoms. The number of hydrogen-bond acceptors (Lipinski definition) is 4. The zero-order valence-corrected chi connectivity index (χ0v) is 15.7. The fourth-order valence-corrected chi connectivity index (χ4v) is 3.17. The summed E-state index contributed by atoms with van der Waals surface area (Å²) in [4.78, 5) is 15.5. The van der Waals surface area contributed by atoms with Crippen molar-refractivity contribution in [1.82, 2.24) is 15.2 Å². The number of benzene rings is 2. The van der Waals surface area contributed by atoms with Gasteiger partial charge in [0.05, 0.1) is 0 Å². The molecule has 140 valence electrons. The fourth-order valence-electron chi connectivity index (χ4n) is 2.98. The second-order valence-electron chi connectivity index (χ2n) is 6.30. The maximum atomic E-state index is 12.2. The largest absolute Gasteiger partial charge is 0.368 e. The average molecular weight is 392 g/mol. The Bertz CT molecular complexity index is 1110. The molecule has 1 amide bonds. The molecule has 0 unspecified atom stereocenters. The number of halogens is 1. The summed E-state index contributed by atoms with van der Waals surface area (Å²) in [7, 11) is 0. The lowest BCUT2D eigenvalue weighted by molar-refractivity contribution is 0.102. The summed E-state index contributed by atoms with van der Waals surface area (Å²) in [6.45, 7) is 0.727. The molecule has 2 aromatic heterocycles. The zero-order valence-electron chi connectivity index (χ0n) is 14.9. The van der Waals surface area contributed by atoms with Crippen LogP contribution < -0.4 is 10.6 Å². The number of H-pyrrole nitrogens is 1. The molecule has 4 aromatic rings. The third-order valence-corrected chi connectivity index (χ3v) is 4.60. The highest BCUT2D eigenvalue weighted by Gasteiger charge is 2.08. The van der Waals surface area contributed by atoms with Crippen LogP contribution in [0.4, 0.5) is 11.6 Å². The summed E-state index contributed by atoms with van der Waals surface area (Å²) < 4.78 is 0. The molecule has 0 radical (unpaired) electrons. The van der Waals surface area contributed by atoms with E-state index in [1.54, 1.807) is 36.4 Å². The number of rotatable bonds is 6. The number of para-hydroxylation sites is 1. The molecule has 2 aromatic carbocycles. The van der Waals surface area contributed by atoms with E-state index in [0.717, 1.165) is 18.5 Å². The van der Waals surface area contributed by atoms with Crippen LogP contribution in [-0.2, 0) is 6.42 Å². The summed E-state index contributed by atoms with van der Waals surface area (Å²) in [6.07, 6.45) is 2.89. The van der Waals surface area contributed by atoms with Gasteiger partial charge in [0.15, 0.2) is 5.82 Å². The molecule has 6 nitrogen and oxygen atoms in total. The molecule has 7 heteroatoms. The smallest absolute Gasteiger partial charge is 0.256 e. The van der Waals surface area contributed by atoms with Gasteiger partial charge in [0.25, 0.3) is 5.91 Å². The molecule has 0 aliphatic rings. The summed E-state index contributed by atoms with van der Waals surface area (Å²) in [6, 6.07) is 18.5. The Hall–Kier alpha value is -3.38. The third-order valence-electron chi connectivity index (χ3n) is 4.37. The Kier molecular flexibility index (Phi) is 5.21. The van der Waals surface area contributed by atoms with Crippen LogP contribution in [0.15, 0.2) is 66.9 Å². The van der Waals surface area contributed by atoms with Gasteiger partial charge in [-0.3, -0.25) is 4.79 Å². The predicted molar refractivity (Wildman–Crippen MR) is 112 cm³/mol. The summed E-state index contributed by atoms with van der Waals surface area (Å²) in [5.74, 6) is 0.754. The van der Waals surface area contributed by atoms with Crippen LogP contribution in [-0.4, -0.2) is 27.6 Å². The van der Waals surface area contributed by atoms with E-state index >= 15 is 0 Å². The molecule has 0 atom stereocenters. The molecule has 0 fully saturated rings. The standard InChI is InChI=1S/C21H18ClN5O/c22-16-5-3-4-14(12-16)21(28)25-20-9-8-19(26-27-20)23-11-10-15-13-24-18-7-2-1-6-17(15)18/h1-9,12-13,24H,10-11H2,(H,23,26)(H,25,27,28). The molecule has 0 aliphatic carbocycles. The molecule has 0 aliphatic heterocycles. The van der Waals surface area contributed by atoms with Gasteiger partial charge in [-0.05, 0) is 48.4 Å². The molecular weight excluding hydrogens is 374 g/mol. The van der Waals surface area contributed by atoms with E-state index in [1.165, 1.54) is 10.9 Å². The molecule has 3 N–H and O–H groups in total. The van der Waals surface area contributed by atoms with Gasteiger partial charge >= 0.3 is 0 Å². The maximum absolute atomic E-state index is 12.2. The number of aromatic amines is 1. The Morgan fingerprint density at radius 3 is 2.64 bits per heavy atom. The number of amides is 1. The minimum atomic E-state index is -0.281. The monoisotopic (exact) mass is 391 g/mol. The van der Waals surface area contributed by atoms with Crippen LogP contribution in [0.5, 0.6) is 0 Å². The van der Waals surface area contributed by atoms with Gasteiger partial charge in [0.2, 0.25) is 0 Å². The van der Waals surface area contributed by atoms with Gasteiger partial charge in [-0.25, -0.2) is 0 Å². The first kappa shape index (κ1) is 18.0. The molecule has 0 saturated carbocycles. The second-order valence-corrected chi connectivity index (χ2v) is 6.74. The van der Waals surface area contributed by atoms with E-state index in [-0.39, 0.29) is 5.91 Å². The molecule has 4 rings (SSSR count). The van der Waals surface area contributed by atoms with E-state index in [0.29, 0.717) is 22.2 Å². The van der Waals surface area contributed by atoms with Crippen molar-refractivity contribution in [2.24, 2.45) is 0 Å². The lowest BCUT2D eigenvalue weighted by atomic mass is 10.1. The van der Waals surface area contributed by atoms with Gasteiger partial charge in [0, 0.05) is 34.2 Å². The molecule has 0 spiro atoms. The van der Waals surface area contributed by atoms with Crippen LogP contribution in [0.3, 0.4) is 0 Å². The molecular formula is C21H18ClN5O. The van der Waals surface area contributed by atoms with Crippen molar-refractivity contribution in [3.8, 4) is 0 Å². The lowest BCUT2D eigenvalue weighted by Crippen LogP contribution is -2.14. The molecule has 28 heavy (non-hydrogen) atoms. The summed E-state index contributed by atoms with van der Waals surface area (Å²) in [5, 5.41) is 15.9. The minimum Gasteiger partial charge on any atom is -0.368 e. The number of nitrogens with zero attached hydrogens (tertiary/aromatic N) is 2. The van der Waals surface area contributed by atoms with Gasteiger partial charge in [0.1, 0.15) is 5.82 Å². The van der Waals surface area contributed by atoms with Crippen LogP contribution in [0.2, 0.25) is 5.02 Å². The van der Waals surface area contributed by atoms with Crippen LogP contribution in [0, 0.1) is 0 Å². The van der Waals surface area contributed by atoms with Crippen LogP contribution in [0.1, 0.15) is 15.9 Å². The van der Waals surface area contributed by atoms with E-state index in [1.807, 2.05) is 18.3 Å². The van der Waals surface area contributed by atoms with Gasteiger partial charge in [-0.15, -0.1) is 10.2 Å². The predicted octanol–water partition coefficient (Wildman–Crippen LogP) is 4.52. The first-order chi connectivity index (χ1) is 13.7. The number of carbonyl (C=O) groups is 1. The second kappa shape index (κ2) is 8.10. The number of hydrogen-bond donors (Lipinski definition) is 3. The van der Waals surface area contributed by atoms with Crippen LogP contribution >= 0.6 is 11.6 Å². The van der Waals surface area contributed by atoms with Crippen molar-refractivity contribution in [1.29, 1.82) is 0 Å². The topological polar surface area (TPSA) is 82.7 Å². The highest BCUT2D eigenvalue weighted by atomic mass is 35.5. The highest BCUT2D eigenvalue weighted by Crippen LogP contribution is 2.18. The Balaban J connectivity index is 1.32. The van der Waals surface area contributed by atoms with Crippen molar-refractivity contribution in [2.45, 2.75) is 6.42 Å². The van der Waals surface area contributed by atoms with Crippen molar-refractivity contribution in [3.63, 3.8) is 0 Å². The van der Waals surface area contributed by atoms with E-state index in [4.69, 9.17) is 11.6 Å². The van der Waals surface area contributed by atoms with E-state index in [2.05, 4.69) is 37.9 Å². The van der Waals surface area contributed by atoms with Crippen molar-refractivity contribution in [2.75, 3.05) is 17.2 Å². The first-order valence-electron chi connectivity index (χ1n) is 8.88. The summed E-state index contributed by atoms with van der Waals surface area (Å²) >= 11 is 5.91. The number of carbonyl (C=O) groups excluding carboxylic acids is 1. The lowest BCUT2D eigenvalue weighted by Gasteiger charge is -2.07. The first-order valence-corrected chi connectivity index (χ1v) is 9.26. The maximum Gasteiger partial charge on any atom is 0.256 e. The van der Waals surface area contributed by atoms with Gasteiger partial charge in [-0.2, -0.15) is 0 Å². The van der Waals surface area contributed by atoms with Crippen molar-refractivity contribution < 1.29 is 4.79 Å². The SMILES string of the molecule is O=C(Nc1ccc(NCCc2c[nH]c3ccccc23)nn1)c1cccc(Cl)c1. The van der Waals surface area contributed by atoms with Gasteiger partial charge < -0.3 is 15.6 Å². The normalized spacial score (nSPS) is 10.8. The molecule has 0 saturated heterocycles. The molecule has 2 heterocycles. The third kappa shape index (κ3) is 4.13. The fraction of sp³-hybridized carbons (Fsp3) is 0.0952. The highest BCUT2D eigenvalue weighted by molar-refractivity contribution is 6.31. The zero-order chi connectivity index (χ0) is 19.3. The Labute approximate surface area is 167 Å². The Morgan fingerprint density at radius 2 is 1.82 bits per heavy atom.